The van der Waals surface area contributed by atoms with Gasteiger partial charge in [-0.15, -0.1) is 11.3 Å². The van der Waals surface area contributed by atoms with Gasteiger partial charge in [-0.2, -0.15) is 4.98 Å². The van der Waals surface area contributed by atoms with Gasteiger partial charge < -0.3 is 8.98 Å². The van der Waals surface area contributed by atoms with Crippen molar-refractivity contribution >= 4 is 86.2 Å². The van der Waals surface area contributed by atoms with Crippen LogP contribution in [0, 0.1) is 0 Å². The van der Waals surface area contributed by atoms with E-state index in [0.717, 1.165) is 22.1 Å². The Labute approximate surface area is 278 Å². The summed E-state index contributed by atoms with van der Waals surface area (Å²) in [6.07, 6.45) is 0. The molecule has 224 valence electrons. The van der Waals surface area contributed by atoms with Crippen molar-refractivity contribution in [1.29, 1.82) is 0 Å². The number of para-hydroxylation sites is 4. The summed E-state index contributed by atoms with van der Waals surface area (Å²) in [5, 5.41) is 7.54. The zero-order valence-electron chi connectivity index (χ0n) is 25.6. The van der Waals surface area contributed by atoms with E-state index >= 15 is 0 Å². The Morgan fingerprint density at radius 1 is 0.479 bits per heavy atom. The fourth-order valence-corrected chi connectivity index (χ4v) is 8.89. The summed E-state index contributed by atoms with van der Waals surface area (Å²) in [5.74, 6) is 0. The van der Waals surface area contributed by atoms with Crippen LogP contribution < -0.4 is 0 Å². The van der Waals surface area contributed by atoms with E-state index in [9.17, 15) is 0 Å². The van der Waals surface area contributed by atoms with E-state index in [2.05, 4.69) is 137 Å². The fourth-order valence-electron chi connectivity index (χ4n) is 7.64. The lowest BCUT2D eigenvalue weighted by molar-refractivity contribution is 0.574. The molecule has 0 atom stereocenters. The van der Waals surface area contributed by atoms with E-state index in [4.69, 9.17) is 9.40 Å². The van der Waals surface area contributed by atoms with Crippen molar-refractivity contribution in [2.75, 3.05) is 0 Å². The first kappa shape index (κ1) is 26.0. The summed E-state index contributed by atoms with van der Waals surface area (Å²) in [4.78, 5) is 4.86. The van der Waals surface area contributed by atoms with E-state index < -0.39 is 0 Å². The van der Waals surface area contributed by atoms with Gasteiger partial charge >= 0.3 is 6.01 Å². The smallest absolute Gasteiger partial charge is 0.307 e. The third-order valence-corrected chi connectivity index (χ3v) is 11.0. The Morgan fingerprint density at radius 3 is 2.00 bits per heavy atom. The van der Waals surface area contributed by atoms with Crippen LogP contribution in [0.5, 0.6) is 0 Å². The maximum absolute atomic E-state index is 6.28. The third-order valence-electron chi connectivity index (χ3n) is 9.77. The van der Waals surface area contributed by atoms with Gasteiger partial charge in [0, 0.05) is 47.4 Å². The van der Waals surface area contributed by atoms with Gasteiger partial charge in [0.05, 0.1) is 22.1 Å². The first-order chi connectivity index (χ1) is 23.8. The van der Waals surface area contributed by atoms with Crippen LogP contribution in [0.1, 0.15) is 0 Å². The molecule has 0 radical (unpaired) electrons. The summed E-state index contributed by atoms with van der Waals surface area (Å²) in [5.41, 5.74) is 9.74. The first-order valence-corrected chi connectivity index (χ1v) is 17.0. The molecular weight excluding hydrogens is 607 g/mol. The number of fused-ring (bicyclic) bond motifs is 11. The van der Waals surface area contributed by atoms with Crippen LogP contribution in [0.4, 0.5) is 0 Å². The van der Waals surface area contributed by atoms with Crippen LogP contribution in [0.3, 0.4) is 0 Å². The molecule has 0 fully saturated rings. The minimum atomic E-state index is 0.581. The monoisotopic (exact) mass is 631 g/mol. The summed E-state index contributed by atoms with van der Waals surface area (Å²) in [7, 11) is 0. The lowest BCUT2D eigenvalue weighted by Crippen LogP contribution is -1.93. The normalized spacial score (nSPS) is 12.2. The number of benzene rings is 7. The summed E-state index contributed by atoms with van der Waals surface area (Å²) in [6.45, 7) is 0. The van der Waals surface area contributed by atoms with Gasteiger partial charge in [0.15, 0.2) is 5.58 Å². The second-order valence-electron chi connectivity index (χ2n) is 12.4. The molecule has 0 N–H and O–H groups in total. The molecule has 7 aromatic carbocycles. The van der Waals surface area contributed by atoms with Crippen LogP contribution in [0.15, 0.2) is 156 Å². The highest BCUT2D eigenvalue weighted by Gasteiger charge is 2.20. The van der Waals surface area contributed by atoms with Gasteiger partial charge in [0.2, 0.25) is 0 Å². The summed E-state index contributed by atoms with van der Waals surface area (Å²) in [6, 6.07) is 54.8. The van der Waals surface area contributed by atoms with Gasteiger partial charge in [-0.3, -0.25) is 4.57 Å². The van der Waals surface area contributed by atoms with E-state index in [-0.39, 0.29) is 0 Å². The Kier molecular flexibility index (Phi) is 5.23. The number of thiophene rings is 1. The molecule has 0 spiro atoms. The fraction of sp³-hybridized carbons (Fsp3) is 0. The van der Waals surface area contributed by atoms with E-state index in [0.29, 0.717) is 6.01 Å². The summed E-state index contributed by atoms with van der Waals surface area (Å²) >= 11 is 1.89. The predicted molar refractivity (Wildman–Crippen MR) is 201 cm³/mol. The summed E-state index contributed by atoms with van der Waals surface area (Å²) < 4.78 is 13.5. The van der Waals surface area contributed by atoms with E-state index in [1.165, 1.54) is 69.6 Å². The number of oxazole rings is 1. The highest BCUT2D eigenvalue weighted by atomic mass is 32.1. The van der Waals surface area contributed by atoms with Crippen molar-refractivity contribution in [1.82, 2.24) is 14.1 Å². The predicted octanol–water partition coefficient (Wildman–Crippen LogP) is 12.1. The zero-order valence-corrected chi connectivity index (χ0v) is 26.4. The number of hydrogen-bond acceptors (Lipinski definition) is 3. The molecule has 0 aliphatic heterocycles. The molecule has 4 aromatic heterocycles. The van der Waals surface area contributed by atoms with Crippen LogP contribution in [0.2, 0.25) is 0 Å². The molecule has 11 aromatic rings. The van der Waals surface area contributed by atoms with Gasteiger partial charge in [0.25, 0.3) is 0 Å². The molecule has 5 heteroatoms. The molecule has 0 amide bonds. The molecule has 11 rings (SSSR count). The minimum Gasteiger partial charge on any atom is -0.423 e. The van der Waals surface area contributed by atoms with Crippen molar-refractivity contribution in [2.24, 2.45) is 0 Å². The molecular formula is C43H25N3OS. The Hall–Kier alpha value is -6.17. The quantitative estimate of drug-likeness (QED) is 0.194. The molecule has 0 unspecified atom stereocenters. The van der Waals surface area contributed by atoms with Crippen molar-refractivity contribution in [3.63, 3.8) is 0 Å². The van der Waals surface area contributed by atoms with Gasteiger partial charge in [-0.05, 0) is 77.9 Å². The number of nitrogens with zero attached hydrogens (tertiary/aromatic N) is 3. The van der Waals surface area contributed by atoms with E-state index in [1.807, 2.05) is 35.6 Å². The van der Waals surface area contributed by atoms with Gasteiger partial charge in [-0.1, -0.05) is 84.9 Å². The molecule has 0 saturated heterocycles. The zero-order chi connectivity index (χ0) is 31.3. The topological polar surface area (TPSA) is 35.9 Å². The molecule has 0 aliphatic carbocycles. The molecule has 0 aliphatic rings. The number of aromatic nitrogens is 3. The van der Waals surface area contributed by atoms with Crippen molar-refractivity contribution in [3.8, 4) is 22.8 Å². The standard InChI is InChI=1S/C43H25N3OS/c1-2-10-28(11-3-1)45-37-22-19-27(25-33(37)41-38(45)23-20-31-30-13-5-9-17-40(30)48-42(31)41)26-18-21-36-32(24-26)29-12-4-7-15-35(29)46(36)43-44-34-14-6-8-16-39(34)47-43/h1-25H. The molecule has 0 bridgehead atoms. The highest BCUT2D eigenvalue weighted by Crippen LogP contribution is 2.44. The van der Waals surface area contributed by atoms with Crippen molar-refractivity contribution < 1.29 is 4.42 Å². The molecule has 48 heavy (non-hydrogen) atoms. The Balaban J connectivity index is 1.18. The van der Waals surface area contributed by atoms with Crippen LogP contribution >= 0.6 is 11.3 Å². The second kappa shape index (κ2) is 9.67. The van der Waals surface area contributed by atoms with Gasteiger partial charge in [-0.25, -0.2) is 0 Å². The SMILES string of the molecule is c1ccc(-n2c3ccc(-c4ccc5c(c4)c4ccccc4n5-c4nc5ccccc5o4)cc3c3c4sc5ccccc5c4ccc32)cc1. The van der Waals surface area contributed by atoms with E-state index in [1.54, 1.807) is 0 Å². The lowest BCUT2D eigenvalue weighted by atomic mass is 10.00. The maximum atomic E-state index is 6.28. The van der Waals surface area contributed by atoms with Gasteiger partial charge in [0.1, 0.15) is 5.52 Å². The highest BCUT2D eigenvalue weighted by molar-refractivity contribution is 7.26. The van der Waals surface area contributed by atoms with Crippen molar-refractivity contribution in [3.05, 3.63) is 152 Å². The Bertz CT molecular complexity index is 3030. The number of rotatable bonds is 3. The largest absolute Gasteiger partial charge is 0.423 e. The van der Waals surface area contributed by atoms with Crippen LogP contribution in [0.25, 0.3) is 97.7 Å². The average molecular weight is 632 g/mol. The molecule has 4 heterocycles. The first-order valence-electron chi connectivity index (χ1n) is 16.1. The average Bonchev–Trinajstić information content (AvgIpc) is 3.90. The van der Waals surface area contributed by atoms with Crippen LogP contribution in [-0.4, -0.2) is 14.1 Å². The number of hydrogen-bond donors (Lipinski definition) is 0. The Morgan fingerprint density at radius 2 is 1.15 bits per heavy atom. The lowest BCUT2D eigenvalue weighted by Gasteiger charge is -2.08. The maximum Gasteiger partial charge on any atom is 0.307 e. The third kappa shape index (κ3) is 3.56. The van der Waals surface area contributed by atoms with Crippen molar-refractivity contribution in [2.45, 2.75) is 0 Å². The minimum absolute atomic E-state index is 0.581. The molecule has 4 nitrogen and oxygen atoms in total. The molecule has 0 saturated carbocycles. The second-order valence-corrected chi connectivity index (χ2v) is 13.4. The van der Waals surface area contributed by atoms with Crippen LogP contribution in [-0.2, 0) is 0 Å².